The molecule has 20 heavy (non-hydrogen) atoms. The average molecular weight is 265 g/mol. The number of carbonyl (C=O) groups excluding carboxylic acids is 1. The molecule has 0 fully saturated rings. The largest absolute Gasteiger partial charge is 0.399 e. The lowest BCUT2D eigenvalue weighted by molar-refractivity contribution is 0.103. The lowest BCUT2D eigenvalue weighted by Gasteiger charge is -2.16. The maximum atomic E-state index is 12.6. The number of carbonyl (C=O) groups is 1. The van der Waals surface area contributed by atoms with Gasteiger partial charge in [0, 0.05) is 16.8 Å². The van der Waals surface area contributed by atoms with Crippen molar-refractivity contribution in [2.75, 3.05) is 5.73 Å². The molecule has 0 amide bonds. The lowest BCUT2D eigenvalue weighted by Crippen LogP contribution is -2.07. The summed E-state index contributed by atoms with van der Waals surface area (Å²) in [4.78, 5) is 12.6. The molecule has 0 saturated heterocycles. The summed E-state index contributed by atoms with van der Waals surface area (Å²) in [7, 11) is 0. The molecule has 1 aliphatic carbocycles. The second-order valence-electron chi connectivity index (χ2n) is 5.59. The molecule has 0 aliphatic heterocycles. The Kier molecular flexibility index (Phi) is 3.31. The molecule has 1 aliphatic rings. The number of aryl methyl sites for hydroxylation is 3. The Labute approximate surface area is 119 Å². The quantitative estimate of drug-likeness (QED) is 0.664. The van der Waals surface area contributed by atoms with Gasteiger partial charge in [-0.1, -0.05) is 12.1 Å². The molecule has 0 saturated carbocycles. The molecule has 0 unspecified atom stereocenters. The van der Waals surface area contributed by atoms with Crippen molar-refractivity contribution >= 4 is 11.5 Å². The van der Waals surface area contributed by atoms with E-state index in [1.54, 1.807) is 6.07 Å². The summed E-state index contributed by atoms with van der Waals surface area (Å²) in [5.41, 5.74) is 11.7. The first kappa shape index (κ1) is 12.9. The number of nitrogen functional groups attached to an aromatic ring is 1. The van der Waals surface area contributed by atoms with E-state index in [4.69, 9.17) is 5.73 Å². The fourth-order valence-corrected chi connectivity index (χ4v) is 2.86. The predicted molar refractivity (Wildman–Crippen MR) is 82.1 cm³/mol. The Hall–Kier alpha value is -2.09. The van der Waals surface area contributed by atoms with Crippen LogP contribution in [0.15, 0.2) is 36.4 Å². The molecular formula is C18H19NO. The molecule has 0 spiro atoms. The second-order valence-corrected chi connectivity index (χ2v) is 5.59. The van der Waals surface area contributed by atoms with Gasteiger partial charge >= 0.3 is 0 Å². The number of fused-ring (bicyclic) bond motifs is 1. The first-order chi connectivity index (χ1) is 9.65. The van der Waals surface area contributed by atoms with Crippen molar-refractivity contribution in [1.29, 1.82) is 0 Å². The van der Waals surface area contributed by atoms with Gasteiger partial charge in [0.05, 0.1) is 0 Å². The fourth-order valence-electron chi connectivity index (χ4n) is 2.86. The molecule has 3 rings (SSSR count). The maximum absolute atomic E-state index is 12.6. The minimum atomic E-state index is 0.0847. The van der Waals surface area contributed by atoms with Crippen molar-refractivity contribution in [3.05, 3.63) is 64.2 Å². The number of benzene rings is 2. The lowest BCUT2D eigenvalue weighted by atomic mass is 9.89. The zero-order valence-electron chi connectivity index (χ0n) is 11.8. The van der Waals surface area contributed by atoms with Crippen LogP contribution in [0, 0.1) is 6.92 Å². The third kappa shape index (κ3) is 2.34. The van der Waals surface area contributed by atoms with E-state index in [1.807, 2.05) is 25.1 Å². The van der Waals surface area contributed by atoms with E-state index in [2.05, 4.69) is 12.1 Å². The Balaban J connectivity index is 1.95. The van der Waals surface area contributed by atoms with Crippen molar-refractivity contribution in [3.8, 4) is 0 Å². The standard InChI is InChI=1S/C18H19NO/c1-12-10-15(8-9-17(12)19)18(20)16-7-6-13-4-2-3-5-14(13)11-16/h6-11H,2-5,19H2,1H3. The highest BCUT2D eigenvalue weighted by Gasteiger charge is 2.14. The summed E-state index contributed by atoms with van der Waals surface area (Å²) in [5, 5.41) is 0. The molecule has 2 aromatic carbocycles. The molecule has 0 atom stereocenters. The third-order valence-electron chi connectivity index (χ3n) is 4.14. The molecular weight excluding hydrogens is 246 g/mol. The minimum Gasteiger partial charge on any atom is -0.399 e. The van der Waals surface area contributed by atoms with Crippen molar-refractivity contribution in [2.24, 2.45) is 0 Å². The normalized spacial score (nSPS) is 13.8. The van der Waals surface area contributed by atoms with Crippen LogP contribution in [-0.4, -0.2) is 5.78 Å². The van der Waals surface area contributed by atoms with Crippen LogP contribution in [0.25, 0.3) is 0 Å². The van der Waals surface area contributed by atoms with Crippen LogP contribution in [0.4, 0.5) is 5.69 Å². The average Bonchev–Trinajstić information content (AvgIpc) is 2.49. The van der Waals surface area contributed by atoms with E-state index in [0.29, 0.717) is 5.56 Å². The Morgan fingerprint density at radius 2 is 1.60 bits per heavy atom. The van der Waals surface area contributed by atoms with Gasteiger partial charge in [0.1, 0.15) is 0 Å². The van der Waals surface area contributed by atoms with Crippen LogP contribution in [-0.2, 0) is 12.8 Å². The molecule has 2 nitrogen and oxygen atoms in total. The highest BCUT2D eigenvalue weighted by Crippen LogP contribution is 2.24. The molecule has 102 valence electrons. The number of ketones is 1. The zero-order valence-corrected chi connectivity index (χ0v) is 11.8. The summed E-state index contributed by atoms with van der Waals surface area (Å²) >= 11 is 0. The number of anilines is 1. The number of rotatable bonds is 2. The molecule has 0 heterocycles. The Morgan fingerprint density at radius 3 is 2.35 bits per heavy atom. The summed E-state index contributed by atoms with van der Waals surface area (Å²) in [5.74, 6) is 0.0847. The fraction of sp³-hybridized carbons (Fsp3) is 0.278. The zero-order chi connectivity index (χ0) is 14.1. The highest BCUT2D eigenvalue weighted by atomic mass is 16.1. The van der Waals surface area contributed by atoms with E-state index < -0.39 is 0 Å². The first-order valence-corrected chi connectivity index (χ1v) is 7.18. The molecule has 2 heteroatoms. The molecule has 0 aromatic heterocycles. The molecule has 2 N–H and O–H groups in total. The van der Waals surface area contributed by atoms with E-state index >= 15 is 0 Å². The number of hydrogen-bond acceptors (Lipinski definition) is 2. The first-order valence-electron chi connectivity index (χ1n) is 7.18. The smallest absolute Gasteiger partial charge is 0.193 e. The molecule has 0 radical (unpaired) electrons. The molecule has 2 aromatic rings. The van der Waals surface area contributed by atoms with Crippen LogP contribution in [0.1, 0.15) is 45.5 Å². The van der Waals surface area contributed by atoms with Gasteiger partial charge in [0.25, 0.3) is 0 Å². The van der Waals surface area contributed by atoms with Crippen LogP contribution in [0.2, 0.25) is 0 Å². The van der Waals surface area contributed by atoms with Gasteiger partial charge in [-0.15, -0.1) is 0 Å². The van der Waals surface area contributed by atoms with Gasteiger partial charge in [-0.2, -0.15) is 0 Å². The monoisotopic (exact) mass is 265 g/mol. The minimum absolute atomic E-state index is 0.0847. The van der Waals surface area contributed by atoms with E-state index in [-0.39, 0.29) is 5.78 Å². The Bertz CT molecular complexity index is 673. The SMILES string of the molecule is Cc1cc(C(=O)c2ccc3c(c2)CCCC3)ccc1N. The number of hydrogen-bond donors (Lipinski definition) is 1. The van der Waals surface area contributed by atoms with E-state index in [1.165, 1.54) is 24.0 Å². The van der Waals surface area contributed by atoms with Gasteiger partial charge in [-0.25, -0.2) is 0 Å². The van der Waals surface area contributed by atoms with Crippen LogP contribution in [0.5, 0.6) is 0 Å². The van der Waals surface area contributed by atoms with E-state index in [9.17, 15) is 4.79 Å². The molecule has 0 bridgehead atoms. The van der Waals surface area contributed by atoms with Crippen molar-refractivity contribution in [2.45, 2.75) is 32.6 Å². The van der Waals surface area contributed by atoms with Gasteiger partial charge in [-0.3, -0.25) is 4.79 Å². The summed E-state index contributed by atoms with van der Waals surface area (Å²) in [6.45, 7) is 1.93. The highest BCUT2D eigenvalue weighted by molar-refractivity contribution is 6.09. The van der Waals surface area contributed by atoms with E-state index in [0.717, 1.165) is 29.7 Å². The van der Waals surface area contributed by atoms with Crippen LogP contribution < -0.4 is 5.73 Å². The predicted octanol–water partition coefficient (Wildman–Crippen LogP) is 3.69. The second kappa shape index (κ2) is 5.12. The summed E-state index contributed by atoms with van der Waals surface area (Å²) < 4.78 is 0. The third-order valence-corrected chi connectivity index (χ3v) is 4.14. The summed E-state index contributed by atoms with van der Waals surface area (Å²) in [6.07, 6.45) is 4.73. The van der Waals surface area contributed by atoms with Gasteiger partial charge in [-0.05, 0) is 73.6 Å². The van der Waals surface area contributed by atoms with Crippen LogP contribution >= 0.6 is 0 Å². The van der Waals surface area contributed by atoms with Gasteiger partial charge in [0.2, 0.25) is 0 Å². The van der Waals surface area contributed by atoms with Crippen molar-refractivity contribution in [3.63, 3.8) is 0 Å². The van der Waals surface area contributed by atoms with Crippen molar-refractivity contribution in [1.82, 2.24) is 0 Å². The number of nitrogens with two attached hydrogens (primary N) is 1. The van der Waals surface area contributed by atoms with Gasteiger partial charge in [0.15, 0.2) is 5.78 Å². The maximum Gasteiger partial charge on any atom is 0.193 e. The Morgan fingerprint density at radius 1 is 0.950 bits per heavy atom. The van der Waals surface area contributed by atoms with Crippen molar-refractivity contribution < 1.29 is 4.79 Å². The summed E-state index contributed by atoms with van der Waals surface area (Å²) in [6, 6.07) is 11.6. The topological polar surface area (TPSA) is 43.1 Å². The van der Waals surface area contributed by atoms with Gasteiger partial charge < -0.3 is 5.73 Å². The van der Waals surface area contributed by atoms with Crippen LogP contribution in [0.3, 0.4) is 0 Å².